The lowest BCUT2D eigenvalue weighted by Gasteiger charge is -2.22. The number of carbonyl (C=O) groups excluding carboxylic acids is 1. The molecule has 1 heterocycles. The monoisotopic (exact) mass is 288 g/mol. The molecule has 1 aliphatic rings. The third-order valence-corrected chi connectivity index (χ3v) is 2.71. The summed E-state index contributed by atoms with van der Waals surface area (Å²) in [5.41, 5.74) is -0.471. The summed E-state index contributed by atoms with van der Waals surface area (Å²) in [7, 11) is 0. The van der Waals surface area contributed by atoms with Crippen molar-refractivity contribution in [3.05, 3.63) is 0 Å². The summed E-state index contributed by atoms with van der Waals surface area (Å²) < 4.78 is 16.4. The van der Waals surface area contributed by atoms with Gasteiger partial charge in [0.15, 0.2) is 5.79 Å². The Morgan fingerprint density at radius 2 is 2.10 bits per heavy atom. The molecule has 1 fully saturated rings. The van der Waals surface area contributed by atoms with Crippen LogP contribution in [-0.2, 0) is 14.2 Å². The van der Waals surface area contributed by atoms with E-state index >= 15 is 0 Å². The Labute approximate surface area is 121 Å². The highest BCUT2D eigenvalue weighted by Gasteiger charge is 2.32. The highest BCUT2D eigenvalue weighted by molar-refractivity contribution is 5.67. The summed E-state index contributed by atoms with van der Waals surface area (Å²) >= 11 is 0. The van der Waals surface area contributed by atoms with Crippen molar-refractivity contribution in [2.75, 3.05) is 19.7 Å². The van der Waals surface area contributed by atoms with Gasteiger partial charge in [-0.3, -0.25) is 0 Å². The Kier molecular flexibility index (Phi) is 5.79. The summed E-state index contributed by atoms with van der Waals surface area (Å²) in [5.74, 6) is -0.496. The molecule has 1 saturated heterocycles. The van der Waals surface area contributed by atoms with Crippen LogP contribution < -0.4 is 10.6 Å². The number of carbonyl (C=O) groups is 1. The van der Waals surface area contributed by atoms with Crippen molar-refractivity contribution in [2.24, 2.45) is 0 Å². The van der Waals surface area contributed by atoms with Crippen LogP contribution in [0.5, 0.6) is 0 Å². The third-order valence-electron chi connectivity index (χ3n) is 2.71. The lowest BCUT2D eigenvalue weighted by atomic mass is 10.2. The fraction of sp³-hybridized carbons (Fsp3) is 0.929. The Morgan fingerprint density at radius 1 is 1.45 bits per heavy atom. The van der Waals surface area contributed by atoms with E-state index in [4.69, 9.17) is 14.2 Å². The average Bonchev–Trinajstić information content (AvgIpc) is 2.61. The first kappa shape index (κ1) is 17.2. The van der Waals surface area contributed by atoms with Crippen LogP contribution in [0.2, 0.25) is 0 Å². The fourth-order valence-corrected chi connectivity index (χ4v) is 1.82. The van der Waals surface area contributed by atoms with Crippen LogP contribution in [0.25, 0.3) is 0 Å². The fourth-order valence-electron chi connectivity index (χ4n) is 1.82. The molecular weight excluding hydrogens is 260 g/mol. The highest BCUT2D eigenvalue weighted by Crippen LogP contribution is 2.21. The molecule has 0 aromatic carbocycles. The van der Waals surface area contributed by atoms with Crippen LogP contribution >= 0.6 is 0 Å². The zero-order valence-corrected chi connectivity index (χ0v) is 13.4. The predicted octanol–water partition coefficient (Wildman–Crippen LogP) is 1.64. The molecule has 2 atom stereocenters. The first-order valence-electron chi connectivity index (χ1n) is 7.09. The van der Waals surface area contributed by atoms with E-state index in [1.54, 1.807) is 0 Å². The minimum Gasteiger partial charge on any atom is -0.444 e. The average molecular weight is 288 g/mol. The zero-order valence-electron chi connectivity index (χ0n) is 13.4. The Hall–Kier alpha value is -0.850. The van der Waals surface area contributed by atoms with Gasteiger partial charge in [-0.05, 0) is 41.5 Å². The van der Waals surface area contributed by atoms with Crippen LogP contribution in [0.15, 0.2) is 0 Å². The van der Waals surface area contributed by atoms with E-state index in [0.717, 1.165) is 0 Å². The molecule has 0 aromatic rings. The molecule has 1 aliphatic heterocycles. The largest absolute Gasteiger partial charge is 0.444 e. The smallest absolute Gasteiger partial charge is 0.407 e. The van der Waals surface area contributed by atoms with Crippen LogP contribution in [0.1, 0.15) is 41.5 Å². The van der Waals surface area contributed by atoms with Gasteiger partial charge in [0.25, 0.3) is 0 Å². The summed E-state index contributed by atoms with van der Waals surface area (Å²) in [6.07, 6.45) is -0.346. The van der Waals surface area contributed by atoms with Crippen molar-refractivity contribution in [3.63, 3.8) is 0 Å². The highest BCUT2D eigenvalue weighted by atomic mass is 16.7. The minimum atomic E-state index is -0.496. The molecule has 1 amide bonds. The van der Waals surface area contributed by atoms with Crippen molar-refractivity contribution < 1.29 is 19.0 Å². The first-order chi connectivity index (χ1) is 9.07. The summed E-state index contributed by atoms with van der Waals surface area (Å²) in [6.45, 7) is 13.1. The van der Waals surface area contributed by atoms with E-state index in [0.29, 0.717) is 19.7 Å². The molecule has 0 aromatic heterocycles. The molecule has 0 aliphatic carbocycles. The Bertz CT molecular complexity index is 326. The second-order valence-electron chi connectivity index (χ2n) is 6.64. The summed E-state index contributed by atoms with van der Waals surface area (Å²) in [6, 6.07) is 0.134. The number of hydrogen-bond donors (Lipinski definition) is 2. The zero-order chi connectivity index (χ0) is 15.4. The van der Waals surface area contributed by atoms with Crippen molar-refractivity contribution in [1.82, 2.24) is 10.6 Å². The Morgan fingerprint density at radius 3 is 2.60 bits per heavy atom. The molecule has 0 bridgehead atoms. The maximum absolute atomic E-state index is 11.5. The van der Waals surface area contributed by atoms with Gasteiger partial charge in [0.05, 0.1) is 12.7 Å². The lowest BCUT2D eigenvalue weighted by molar-refractivity contribution is -0.137. The molecule has 0 saturated carbocycles. The molecule has 6 heteroatoms. The Balaban J connectivity index is 2.15. The van der Waals surface area contributed by atoms with Gasteiger partial charge in [-0.15, -0.1) is 0 Å². The number of hydrogen-bond acceptors (Lipinski definition) is 5. The van der Waals surface area contributed by atoms with Crippen LogP contribution in [0, 0.1) is 0 Å². The van der Waals surface area contributed by atoms with Crippen LogP contribution in [0.4, 0.5) is 4.79 Å². The van der Waals surface area contributed by atoms with E-state index < -0.39 is 17.5 Å². The molecular formula is C14H28N2O4. The second kappa shape index (κ2) is 6.74. The van der Waals surface area contributed by atoms with Crippen LogP contribution in [0.3, 0.4) is 0 Å². The van der Waals surface area contributed by atoms with Gasteiger partial charge in [0, 0.05) is 19.1 Å². The number of nitrogens with one attached hydrogen (secondary N) is 2. The van der Waals surface area contributed by atoms with Gasteiger partial charge >= 0.3 is 6.09 Å². The van der Waals surface area contributed by atoms with Gasteiger partial charge in [-0.1, -0.05) is 0 Å². The second-order valence-corrected chi connectivity index (χ2v) is 6.64. The standard InChI is InChI=1S/C14H28N2O4/c1-10(7-16-12(17)20-13(2,3)4)15-8-11-9-18-14(5,6)19-11/h10-11,15H,7-9H2,1-6H3,(H,16,17). The van der Waals surface area contributed by atoms with Gasteiger partial charge in [0.1, 0.15) is 5.60 Å². The normalized spacial score (nSPS) is 23.4. The van der Waals surface area contributed by atoms with Crippen molar-refractivity contribution in [2.45, 2.75) is 65.1 Å². The minimum absolute atomic E-state index is 0.0500. The molecule has 0 radical (unpaired) electrons. The number of alkyl carbamates (subject to hydrolysis) is 1. The molecule has 6 nitrogen and oxygen atoms in total. The van der Waals surface area contributed by atoms with Gasteiger partial charge in [0.2, 0.25) is 0 Å². The molecule has 20 heavy (non-hydrogen) atoms. The van der Waals surface area contributed by atoms with Crippen molar-refractivity contribution >= 4 is 6.09 Å². The number of ether oxygens (including phenoxy) is 3. The van der Waals surface area contributed by atoms with E-state index in [-0.39, 0.29) is 12.1 Å². The predicted molar refractivity (Wildman–Crippen MR) is 76.6 cm³/mol. The number of rotatable bonds is 5. The van der Waals surface area contributed by atoms with Crippen molar-refractivity contribution in [3.8, 4) is 0 Å². The first-order valence-corrected chi connectivity index (χ1v) is 7.09. The van der Waals surface area contributed by atoms with E-state index in [1.807, 2.05) is 41.5 Å². The molecule has 2 N–H and O–H groups in total. The quantitative estimate of drug-likeness (QED) is 0.805. The van der Waals surface area contributed by atoms with E-state index in [1.165, 1.54) is 0 Å². The van der Waals surface area contributed by atoms with Crippen LogP contribution in [-0.4, -0.2) is 49.3 Å². The summed E-state index contributed by atoms with van der Waals surface area (Å²) in [4.78, 5) is 11.5. The van der Waals surface area contributed by atoms with Gasteiger partial charge in [-0.25, -0.2) is 4.79 Å². The third kappa shape index (κ3) is 7.07. The summed E-state index contributed by atoms with van der Waals surface area (Å²) in [5, 5.41) is 6.04. The molecule has 1 rings (SSSR count). The molecule has 2 unspecified atom stereocenters. The maximum Gasteiger partial charge on any atom is 0.407 e. The van der Waals surface area contributed by atoms with E-state index in [9.17, 15) is 4.79 Å². The van der Waals surface area contributed by atoms with Gasteiger partial charge in [-0.2, -0.15) is 0 Å². The topological polar surface area (TPSA) is 68.8 Å². The van der Waals surface area contributed by atoms with E-state index in [2.05, 4.69) is 10.6 Å². The number of amides is 1. The SMILES string of the molecule is CC(CNC(=O)OC(C)(C)C)NCC1COC(C)(C)O1. The maximum atomic E-state index is 11.5. The van der Waals surface area contributed by atoms with Gasteiger partial charge < -0.3 is 24.8 Å². The molecule has 118 valence electrons. The van der Waals surface area contributed by atoms with Crippen molar-refractivity contribution in [1.29, 1.82) is 0 Å². The molecule has 0 spiro atoms. The lowest BCUT2D eigenvalue weighted by Crippen LogP contribution is -2.43.